The first-order valence-electron chi connectivity index (χ1n) is 5.17. The highest BCUT2D eigenvalue weighted by molar-refractivity contribution is 6.56. The van der Waals surface area contributed by atoms with Crippen LogP contribution < -0.4 is 0 Å². The Hall–Kier alpha value is -0.780. The van der Waals surface area contributed by atoms with Crippen LogP contribution in [0.1, 0.15) is 10.5 Å². The van der Waals surface area contributed by atoms with E-state index in [2.05, 4.69) is 4.98 Å². The quantitative estimate of drug-likeness (QED) is 0.517. The first-order valence-corrected chi connectivity index (χ1v) is 7.06. The second kappa shape index (κ2) is 6.15. The Morgan fingerprint density at radius 3 is 1.90 bits per heavy atom. The molecule has 0 atom stereocenters. The Balaban J connectivity index is 2.85. The van der Waals surface area contributed by atoms with Crippen molar-refractivity contribution in [3.63, 3.8) is 0 Å². The molecular weight excluding hydrogens is 386 g/mol. The number of nitrogens with zero attached hydrogens (tertiary/aromatic N) is 1. The van der Waals surface area contributed by atoms with Gasteiger partial charge in [0.25, 0.3) is 0 Å². The fourth-order valence-electron chi connectivity index (χ4n) is 1.55. The van der Waals surface area contributed by atoms with Gasteiger partial charge in [-0.1, -0.05) is 58.0 Å². The largest absolute Gasteiger partial charge is 0.477 e. The van der Waals surface area contributed by atoms with Gasteiger partial charge in [0.15, 0.2) is 0 Å². The molecule has 0 unspecified atom stereocenters. The first kappa shape index (κ1) is 16.6. The van der Waals surface area contributed by atoms with E-state index in [0.717, 1.165) is 12.1 Å². The van der Waals surface area contributed by atoms with E-state index in [1.54, 1.807) is 0 Å². The Kier molecular flexibility index (Phi) is 4.85. The van der Waals surface area contributed by atoms with Crippen LogP contribution in [-0.4, -0.2) is 16.1 Å². The molecule has 110 valence electrons. The van der Waals surface area contributed by atoms with E-state index in [9.17, 15) is 9.18 Å². The van der Waals surface area contributed by atoms with Crippen molar-refractivity contribution < 1.29 is 14.3 Å². The second-order valence-corrected chi connectivity index (χ2v) is 5.67. The molecule has 9 heteroatoms. The standard InChI is InChI=1S/C12H3Cl5FNO2/c13-6-5(7(14)9(16)10(17)8(6)15)11-3(18)1-2-4(19-11)12(20)21/h1-2H,(H,20,21). The fourth-order valence-corrected chi connectivity index (χ4v) is 2.87. The first-order chi connectivity index (χ1) is 9.75. The highest BCUT2D eigenvalue weighted by Crippen LogP contribution is 2.48. The minimum absolute atomic E-state index is 0.0909. The van der Waals surface area contributed by atoms with E-state index >= 15 is 0 Å². The molecule has 0 spiro atoms. The highest BCUT2D eigenvalue weighted by Gasteiger charge is 2.24. The van der Waals surface area contributed by atoms with Crippen molar-refractivity contribution in [1.82, 2.24) is 4.98 Å². The molecular formula is C12H3Cl5FNO2. The Morgan fingerprint density at radius 1 is 0.952 bits per heavy atom. The highest BCUT2D eigenvalue weighted by atomic mass is 35.5. The topological polar surface area (TPSA) is 50.2 Å². The molecule has 0 radical (unpaired) electrons. The van der Waals surface area contributed by atoms with Gasteiger partial charge in [0.2, 0.25) is 0 Å². The zero-order chi connectivity index (χ0) is 15.9. The second-order valence-electron chi connectivity index (χ2n) is 3.78. The van der Waals surface area contributed by atoms with E-state index in [1.807, 2.05) is 0 Å². The van der Waals surface area contributed by atoms with Gasteiger partial charge in [-0.2, -0.15) is 0 Å². The van der Waals surface area contributed by atoms with Crippen LogP contribution in [0.3, 0.4) is 0 Å². The molecule has 0 bridgehead atoms. The molecule has 3 nitrogen and oxygen atoms in total. The molecule has 2 aromatic rings. The van der Waals surface area contributed by atoms with Gasteiger partial charge in [0.1, 0.15) is 17.2 Å². The van der Waals surface area contributed by atoms with Crippen molar-refractivity contribution in [2.75, 3.05) is 0 Å². The Morgan fingerprint density at radius 2 is 1.43 bits per heavy atom. The summed E-state index contributed by atoms with van der Waals surface area (Å²) in [7, 11) is 0. The summed E-state index contributed by atoms with van der Waals surface area (Å²) in [6, 6.07) is 1.93. The zero-order valence-electron chi connectivity index (χ0n) is 9.73. The third kappa shape index (κ3) is 2.91. The predicted octanol–water partition coefficient (Wildman–Crippen LogP) is 5.85. The van der Waals surface area contributed by atoms with Crippen molar-refractivity contribution in [2.45, 2.75) is 0 Å². The van der Waals surface area contributed by atoms with Crippen LogP contribution in [0.2, 0.25) is 25.1 Å². The maximum Gasteiger partial charge on any atom is 0.354 e. The van der Waals surface area contributed by atoms with E-state index < -0.39 is 11.8 Å². The molecule has 1 N–H and O–H groups in total. The summed E-state index contributed by atoms with van der Waals surface area (Å²) < 4.78 is 14.0. The number of hydrogen-bond donors (Lipinski definition) is 1. The average Bonchev–Trinajstić information content (AvgIpc) is 2.45. The fraction of sp³-hybridized carbons (Fsp3) is 0. The van der Waals surface area contributed by atoms with Gasteiger partial charge in [0, 0.05) is 5.56 Å². The van der Waals surface area contributed by atoms with Gasteiger partial charge in [-0.15, -0.1) is 0 Å². The Labute approximate surface area is 143 Å². The zero-order valence-corrected chi connectivity index (χ0v) is 13.5. The number of carboxylic acid groups (broad SMARTS) is 1. The molecule has 0 fully saturated rings. The van der Waals surface area contributed by atoms with Gasteiger partial charge < -0.3 is 5.11 Å². The van der Waals surface area contributed by atoms with E-state index in [-0.39, 0.29) is 42.1 Å². The third-order valence-electron chi connectivity index (χ3n) is 2.51. The predicted molar refractivity (Wildman–Crippen MR) is 81.6 cm³/mol. The van der Waals surface area contributed by atoms with E-state index in [1.165, 1.54) is 0 Å². The van der Waals surface area contributed by atoms with Crippen molar-refractivity contribution in [1.29, 1.82) is 0 Å². The molecule has 0 saturated heterocycles. The molecule has 0 aliphatic rings. The van der Waals surface area contributed by atoms with Gasteiger partial charge >= 0.3 is 5.97 Å². The van der Waals surface area contributed by atoms with Crippen LogP contribution in [0, 0.1) is 5.82 Å². The van der Waals surface area contributed by atoms with Gasteiger partial charge in [-0.3, -0.25) is 0 Å². The number of halogens is 6. The lowest BCUT2D eigenvalue weighted by Gasteiger charge is -2.13. The van der Waals surface area contributed by atoms with Crippen molar-refractivity contribution in [3.05, 3.63) is 48.8 Å². The molecule has 0 amide bonds. The van der Waals surface area contributed by atoms with E-state index in [0.29, 0.717) is 0 Å². The summed E-state index contributed by atoms with van der Waals surface area (Å²) in [4.78, 5) is 14.6. The van der Waals surface area contributed by atoms with E-state index in [4.69, 9.17) is 63.1 Å². The molecule has 1 aromatic carbocycles. The number of benzene rings is 1. The van der Waals surface area contributed by atoms with Crippen LogP contribution >= 0.6 is 58.0 Å². The number of carboxylic acids is 1. The normalized spacial score (nSPS) is 10.8. The number of carbonyl (C=O) groups is 1. The van der Waals surface area contributed by atoms with Crippen LogP contribution in [0.25, 0.3) is 11.3 Å². The number of pyridine rings is 1. The van der Waals surface area contributed by atoms with Gasteiger partial charge in [-0.25, -0.2) is 14.2 Å². The maximum atomic E-state index is 14.0. The van der Waals surface area contributed by atoms with Crippen molar-refractivity contribution >= 4 is 64.0 Å². The SMILES string of the molecule is O=C(O)c1ccc(F)c(-c2c(Cl)c(Cl)c(Cl)c(Cl)c2Cl)n1. The monoisotopic (exact) mass is 387 g/mol. The average molecular weight is 389 g/mol. The molecule has 0 aliphatic carbocycles. The van der Waals surface area contributed by atoms with Crippen LogP contribution in [-0.2, 0) is 0 Å². The smallest absolute Gasteiger partial charge is 0.354 e. The van der Waals surface area contributed by atoms with Gasteiger partial charge in [0.05, 0.1) is 25.1 Å². The number of hydrogen-bond acceptors (Lipinski definition) is 2. The number of rotatable bonds is 2. The lowest BCUT2D eigenvalue weighted by molar-refractivity contribution is 0.0690. The van der Waals surface area contributed by atoms with Crippen molar-refractivity contribution in [3.8, 4) is 11.3 Å². The molecule has 0 aliphatic heterocycles. The summed E-state index contributed by atoms with van der Waals surface area (Å²) in [5, 5.41) is 8.20. The molecule has 1 aromatic heterocycles. The Bertz CT molecular complexity index is 737. The minimum Gasteiger partial charge on any atom is -0.477 e. The van der Waals surface area contributed by atoms with Crippen LogP contribution in [0.15, 0.2) is 12.1 Å². The minimum atomic E-state index is -1.34. The lowest BCUT2D eigenvalue weighted by atomic mass is 10.1. The van der Waals surface area contributed by atoms with Crippen LogP contribution in [0.5, 0.6) is 0 Å². The van der Waals surface area contributed by atoms with Crippen molar-refractivity contribution in [2.24, 2.45) is 0 Å². The summed E-state index contributed by atoms with van der Waals surface area (Å²) in [5.41, 5.74) is -0.899. The number of aromatic nitrogens is 1. The lowest BCUT2D eigenvalue weighted by Crippen LogP contribution is -2.03. The third-order valence-corrected chi connectivity index (χ3v) is 4.79. The molecule has 2 rings (SSSR count). The van der Waals surface area contributed by atoms with Gasteiger partial charge in [-0.05, 0) is 12.1 Å². The number of aromatic carboxylic acids is 1. The maximum absolute atomic E-state index is 14.0. The molecule has 0 saturated carbocycles. The summed E-state index contributed by atoms with van der Waals surface area (Å²) >= 11 is 29.6. The molecule has 21 heavy (non-hydrogen) atoms. The van der Waals surface area contributed by atoms with Crippen LogP contribution in [0.4, 0.5) is 4.39 Å². The summed E-state index contributed by atoms with van der Waals surface area (Å²) in [6.07, 6.45) is 0. The molecule has 1 heterocycles. The summed E-state index contributed by atoms with van der Waals surface area (Å²) in [5.74, 6) is -2.17. The summed E-state index contributed by atoms with van der Waals surface area (Å²) in [6.45, 7) is 0.